The molecule has 1 N–H and O–H groups in total. The van der Waals surface area contributed by atoms with Gasteiger partial charge < -0.3 is 5.32 Å². The maximum atomic E-state index is 3.37. The van der Waals surface area contributed by atoms with Crippen molar-refractivity contribution in [1.29, 1.82) is 0 Å². The molecule has 0 aromatic heterocycles. The fourth-order valence-corrected chi connectivity index (χ4v) is 1.85. The van der Waals surface area contributed by atoms with E-state index in [1.165, 1.54) is 12.1 Å². The van der Waals surface area contributed by atoms with E-state index < -0.39 is 0 Å². The molecule has 1 saturated heterocycles. The molecule has 0 radical (unpaired) electrons. The molecule has 2 aliphatic rings. The zero-order valence-electron chi connectivity index (χ0n) is 5.36. The highest BCUT2D eigenvalue weighted by molar-refractivity contribution is 5.36. The Hall–Kier alpha value is -0.300. The molecule has 1 heteroatoms. The fraction of sp³-hybridized carbons (Fsp3) is 0.714. The van der Waals surface area contributed by atoms with Crippen LogP contribution in [-0.2, 0) is 0 Å². The first-order valence-corrected chi connectivity index (χ1v) is 3.15. The average Bonchev–Trinajstić information content (AvgIpc) is 1.64. The van der Waals surface area contributed by atoms with Gasteiger partial charge in [-0.05, 0) is 6.92 Å². The fourth-order valence-electron chi connectivity index (χ4n) is 1.85. The van der Waals surface area contributed by atoms with Gasteiger partial charge in [-0.25, -0.2) is 0 Å². The number of fused-ring (bicyclic) bond motifs is 1. The Balaban J connectivity index is 2.29. The minimum atomic E-state index is 0.560. The van der Waals surface area contributed by atoms with Crippen molar-refractivity contribution in [1.82, 2.24) is 5.32 Å². The van der Waals surface area contributed by atoms with E-state index in [2.05, 4.69) is 25.2 Å². The molecule has 2 rings (SSSR count). The second-order valence-electron chi connectivity index (χ2n) is 3.21. The summed E-state index contributed by atoms with van der Waals surface area (Å²) in [5.74, 6) is 0. The monoisotopic (exact) mass is 109 g/mol. The number of nitrogens with one attached hydrogen (secondary N) is 1. The molecule has 8 heavy (non-hydrogen) atoms. The van der Waals surface area contributed by atoms with Crippen LogP contribution in [-0.4, -0.2) is 12.6 Å². The van der Waals surface area contributed by atoms with Crippen molar-refractivity contribution in [3.05, 3.63) is 11.6 Å². The first kappa shape index (κ1) is 4.57. The Morgan fingerprint density at radius 3 is 2.62 bits per heavy atom. The van der Waals surface area contributed by atoms with Gasteiger partial charge in [0.25, 0.3) is 0 Å². The smallest absolute Gasteiger partial charge is 0.0378 e. The van der Waals surface area contributed by atoms with Crippen LogP contribution >= 0.6 is 0 Å². The van der Waals surface area contributed by atoms with Gasteiger partial charge in [0.2, 0.25) is 0 Å². The van der Waals surface area contributed by atoms with Crippen molar-refractivity contribution in [3.8, 4) is 0 Å². The number of rotatable bonds is 0. The molecule has 1 aliphatic heterocycles. The molecule has 1 heterocycles. The van der Waals surface area contributed by atoms with Crippen molar-refractivity contribution in [2.45, 2.75) is 19.9 Å². The lowest BCUT2D eigenvalue weighted by Gasteiger charge is -2.54. The number of hydrogen-bond acceptors (Lipinski definition) is 1. The standard InChI is InChI=1S/C7H11N/c1-5-3-7(2)4-8-6(5)7/h3,6,8H,4H2,1-2H3. The maximum Gasteiger partial charge on any atom is 0.0378 e. The van der Waals surface area contributed by atoms with Crippen LogP contribution in [0.2, 0.25) is 0 Å². The third-order valence-electron chi connectivity index (χ3n) is 2.36. The van der Waals surface area contributed by atoms with E-state index in [4.69, 9.17) is 0 Å². The molecule has 0 spiro atoms. The molecule has 2 atom stereocenters. The van der Waals surface area contributed by atoms with E-state index in [1.807, 2.05) is 0 Å². The predicted molar refractivity (Wildman–Crippen MR) is 33.7 cm³/mol. The third-order valence-corrected chi connectivity index (χ3v) is 2.36. The quantitative estimate of drug-likeness (QED) is 0.456. The minimum Gasteiger partial charge on any atom is -0.309 e. The normalized spacial score (nSPS) is 50.8. The second kappa shape index (κ2) is 1.01. The molecular formula is C7H11N. The van der Waals surface area contributed by atoms with Crippen LogP contribution in [0.1, 0.15) is 13.8 Å². The largest absolute Gasteiger partial charge is 0.309 e. The highest BCUT2D eigenvalue weighted by atomic mass is 15.1. The molecule has 0 saturated carbocycles. The predicted octanol–water partition coefficient (Wildman–Crippen LogP) is 0.924. The molecule has 2 unspecified atom stereocenters. The van der Waals surface area contributed by atoms with Crippen molar-refractivity contribution < 1.29 is 0 Å². The lowest BCUT2D eigenvalue weighted by Crippen LogP contribution is -2.65. The zero-order chi connectivity index (χ0) is 5.78. The Morgan fingerprint density at radius 2 is 2.62 bits per heavy atom. The van der Waals surface area contributed by atoms with E-state index in [1.54, 1.807) is 0 Å². The highest BCUT2D eigenvalue weighted by Crippen LogP contribution is 2.44. The van der Waals surface area contributed by atoms with E-state index in [-0.39, 0.29) is 0 Å². The van der Waals surface area contributed by atoms with Crippen LogP contribution in [0.15, 0.2) is 11.6 Å². The van der Waals surface area contributed by atoms with Gasteiger partial charge in [-0.3, -0.25) is 0 Å². The Labute approximate surface area is 49.8 Å². The van der Waals surface area contributed by atoms with Gasteiger partial charge in [-0.2, -0.15) is 0 Å². The van der Waals surface area contributed by atoms with E-state index in [0.717, 1.165) is 6.04 Å². The van der Waals surface area contributed by atoms with Gasteiger partial charge in [0.15, 0.2) is 0 Å². The van der Waals surface area contributed by atoms with Gasteiger partial charge in [0, 0.05) is 18.0 Å². The SMILES string of the molecule is CC1=CC2(C)CNC12. The molecule has 44 valence electrons. The summed E-state index contributed by atoms with van der Waals surface area (Å²) in [5.41, 5.74) is 2.09. The van der Waals surface area contributed by atoms with Gasteiger partial charge in [-0.1, -0.05) is 18.6 Å². The van der Waals surface area contributed by atoms with Gasteiger partial charge in [0.05, 0.1) is 0 Å². The summed E-state index contributed by atoms with van der Waals surface area (Å²) in [6.45, 7) is 5.69. The highest BCUT2D eigenvalue weighted by Gasteiger charge is 2.48. The first-order chi connectivity index (χ1) is 3.72. The molecule has 1 fully saturated rings. The summed E-state index contributed by atoms with van der Waals surface area (Å²) in [5, 5.41) is 3.37. The molecule has 0 amide bonds. The third kappa shape index (κ3) is 0.294. The van der Waals surface area contributed by atoms with Gasteiger partial charge in [0.1, 0.15) is 0 Å². The van der Waals surface area contributed by atoms with Gasteiger partial charge >= 0.3 is 0 Å². The summed E-state index contributed by atoms with van der Waals surface area (Å²) in [6.07, 6.45) is 2.37. The van der Waals surface area contributed by atoms with Crippen LogP contribution in [0.5, 0.6) is 0 Å². The lowest BCUT2D eigenvalue weighted by atomic mass is 9.63. The van der Waals surface area contributed by atoms with E-state index >= 15 is 0 Å². The Morgan fingerprint density at radius 1 is 1.88 bits per heavy atom. The van der Waals surface area contributed by atoms with E-state index in [9.17, 15) is 0 Å². The summed E-state index contributed by atoms with van der Waals surface area (Å²) in [6, 6.07) is 0.738. The molecule has 1 aliphatic carbocycles. The second-order valence-corrected chi connectivity index (χ2v) is 3.21. The Kier molecular flexibility index (Phi) is 0.575. The topological polar surface area (TPSA) is 12.0 Å². The average molecular weight is 109 g/mol. The van der Waals surface area contributed by atoms with Crippen molar-refractivity contribution in [2.24, 2.45) is 5.41 Å². The minimum absolute atomic E-state index is 0.560. The zero-order valence-corrected chi connectivity index (χ0v) is 5.36. The molecule has 0 bridgehead atoms. The molecule has 0 aromatic rings. The first-order valence-electron chi connectivity index (χ1n) is 3.15. The van der Waals surface area contributed by atoms with Crippen molar-refractivity contribution >= 4 is 0 Å². The lowest BCUT2D eigenvalue weighted by molar-refractivity contribution is 0.154. The van der Waals surface area contributed by atoms with Crippen LogP contribution in [0.25, 0.3) is 0 Å². The number of hydrogen-bond donors (Lipinski definition) is 1. The van der Waals surface area contributed by atoms with Crippen LogP contribution in [0.3, 0.4) is 0 Å². The summed E-state index contributed by atoms with van der Waals surface area (Å²) in [7, 11) is 0. The molecule has 0 aromatic carbocycles. The van der Waals surface area contributed by atoms with Crippen molar-refractivity contribution in [2.75, 3.05) is 6.54 Å². The summed E-state index contributed by atoms with van der Waals surface area (Å²) >= 11 is 0. The molecule has 1 nitrogen and oxygen atoms in total. The Bertz CT molecular complexity index is 160. The summed E-state index contributed by atoms with van der Waals surface area (Å²) in [4.78, 5) is 0. The van der Waals surface area contributed by atoms with Crippen LogP contribution in [0.4, 0.5) is 0 Å². The molecular weight excluding hydrogens is 98.1 g/mol. The van der Waals surface area contributed by atoms with Crippen molar-refractivity contribution in [3.63, 3.8) is 0 Å². The van der Waals surface area contributed by atoms with Gasteiger partial charge in [-0.15, -0.1) is 0 Å². The maximum absolute atomic E-state index is 3.37. The summed E-state index contributed by atoms with van der Waals surface area (Å²) < 4.78 is 0. The van der Waals surface area contributed by atoms with E-state index in [0.29, 0.717) is 5.41 Å². The van der Waals surface area contributed by atoms with Crippen LogP contribution in [0, 0.1) is 5.41 Å². The van der Waals surface area contributed by atoms with Crippen LogP contribution < -0.4 is 5.32 Å².